The standard InChI is InChI=1S/C13H19N3O3/c17-12-9-11(15-6-2-1-3-7-15)10-14-16(12)8-4-5-13(18)19/h9-10H,1-8H2,(H,18,19). The van der Waals surface area contributed by atoms with Gasteiger partial charge < -0.3 is 10.0 Å². The molecule has 1 N–H and O–H groups in total. The molecule has 0 aliphatic carbocycles. The highest BCUT2D eigenvalue weighted by molar-refractivity contribution is 5.66. The minimum atomic E-state index is -0.849. The highest BCUT2D eigenvalue weighted by atomic mass is 16.4. The summed E-state index contributed by atoms with van der Waals surface area (Å²) in [5.74, 6) is -0.849. The number of nitrogens with zero attached hydrogens (tertiary/aromatic N) is 3. The largest absolute Gasteiger partial charge is 0.481 e. The van der Waals surface area contributed by atoms with Crippen molar-refractivity contribution in [1.82, 2.24) is 9.78 Å². The van der Waals surface area contributed by atoms with Crippen LogP contribution in [0.3, 0.4) is 0 Å². The summed E-state index contributed by atoms with van der Waals surface area (Å²) in [5.41, 5.74) is 0.715. The minimum absolute atomic E-state index is 0.0575. The van der Waals surface area contributed by atoms with Gasteiger partial charge in [0.15, 0.2) is 0 Å². The lowest BCUT2D eigenvalue weighted by molar-refractivity contribution is -0.137. The lowest BCUT2D eigenvalue weighted by Crippen LogP contribution is -2.32. The summed E-state index contributed by atoms with van der Waals surface area (Å²) in [6, 6.07) is 1.60. The summed E-state index contributed by atoms with van der Waals surface area (Å²) in [4.78, 5) is 24.5. The van der Waals surface area contributed by atoms with Gasteiger partial charge in [0.2, 0.25) is 0 Å². The fraction of sp³-hybridized carbons (Fsp3) is 0.615. The van der Waals surface area contributed by atoms with Crippen LogP contribution in [0.4, 0.5) is 5.69 Å². The second-order valence-corrected chi connectivity index (χ2v) is 4.82. The van der Waals surface area contributed by atoms with E-state index in [1.165, 1.54) is 11.1 Å². The zero-order valence-corrected chi connectivity index (χ0v) is 10.9. The van der Waals surface area contributed by atoms with E-state index in [-0.39, 0.29) is 12.0 Å². The van der Waals surface area contributed by atoms with Crippen LogP contribution in [0, 0.1) is 0 Å². The second kappa shape index (κ2) is 6.36. The molecule has 104 valence electrons. The Morgan fingerprint density at radius 3 is 2.68 bits per heavy atom. The van der Waals surface area contributed by atoms with E-state index in [0.29, 0.717) is 13.0 Å². The van der Waals surface area contributed by atoms with Crippen molar-refractivity contribution in [2.24, 2.45) is 0 Å². The van der Waals surface area contributed by atoms with E-state index in [4.69, 9.17) is 5.11 Å². The molecule has 2 heterocycles. The van der Waals surface area contributed by atoms with Gasteiger partial charge in [0.05, 0.1) is 11.9 Å². The van der Waals surface area contributed by atoms with Gasteiger partial charge in [-0.15, -0.1) is 0 Å². The highest BCUT2D eigenvalue weighted by Crippen LogP contribution is 2.16. The number of aryl methyl sites for hydroxylation is 1. The van der Waals surface area contributed by atoms with Crippen molar-refractivity contribution in [1.29, 1.82) is 0 Å². The lowest BCUT2D eigenvalue weighted by atomic mass is 10.1. The molecule has 1 aromatic heterocycles. The van der Waals surface area contributed by atoms with Crippen LogP contribution in [-0.4, -0.2) is 33.9 Å². The minimum Gasteiger partial charge on any atom is -0.481 e. The molecule has 0 radical (unpaired) electrons. The summed E-state index contributed by atoms with van der Waals surface area (Å²) < 4.78 is 1.33. The molecule has 0 amide bonds. The second-order valence-electron chi connectivity index (χ2n) is 4.82. The Morgan fingerprint density at radius 1 is 1.32 bits per heavy atom. The Balaban J connectivity index is 2.00. The molecule has 0 aromatic carbocycles. The first-order chi connectivity index (χ1) is 9.16. The van der Waals surface area contributed by atoms with Crippen molar-refractivity contribution >= 4 is 11.7 Å². The number of hydrogen-bond acceptors (Lipinski definition) is 4. The van der Waals surface area contributed by atoms with E-state index in [2.05, 4.69) is 10.00 Å². The summed E-state index contributed by atoms with van der Waals surface area (Å²) in [6.45, 7) is 2.31. The zero-order valence-electron chi connectivity index (χ0n) is 10.9. The highest BCUT2D eigenvalue weighted by Gasteiger charge is 2.12. The number of carbonyl (C=O) groups is 1. The first-order valence-electron chi connectivity index (χ1n) is 6.71. The van der Waals surface area contributed by atoms with E-state index in [1.807, 2.05) is 0 Å². The van der Waals surface area contributed by atoms with Crippen LogP contribution >= 0.6 is 0 Å². The van der Waals surface area contributed by atoms with Gasteiger partial charge in [-0.05, 0) is 25.7 Å². The molecule has 6 nitrogen and oxygen atoms in total. The Labute approximate surface area is 111 Å². The number of carboxylic acids is 1. The number of rotatable bonds is 5. The van der Waals surface area contributed by atoms with Crippen LogP contribution in [0.1, 0.15) is 32.1 Å². The summed E-state index contributed by atoms with van der Waals surface area (Å²) in [7, 11) is 0. The molecule has 1 saturated heterocycles. The molecule has 1 fully saturated rings. The molecular weight excluding hydrogens is 246 g/mol. The lowest BCUT2D eigenvalue weighted by Gasteiger charge is -2.28. The monoisotopic (exact) mass is 265 g/mol. The summed E-state index contributed by atoms with van der Waals surface area (Å²) in [6.07, 6.45) is 5.74. The maximum Gasteiger partial charge on any atom is 0.303 e. The maximum absolute atomic E-state index is 11.9. The van der Waals surface area contributed by atoms with Gasteiger partial charge in [-0.3, -0.25) is 9.59 Å². The normalized spacial score (nSPS) is 15.5. The van der Waals surface area contributed by atoms with E-state index in [9.17, 15) is 9.59 Å². The van der Waals surface area contributed by atoms with Gasteiger partial charge in [-0.25, -0.2) is 4.68 Å². The van der Waals surface area contributed by atoms with Crippen molar-refractivity contribution in [3.05, 3.63) is 22.6 Å². The number of aromatic nitrogens is 2. The van der Waals surface area contributed by atoms with Gasteiger partial charge in [0, 0.05) is 32.1 Å². The number of carboxylic acid groups (broad SMARTS) is 1. The van der Waals surface area contributed by atoms with Crippen LogP contribution in [0.5, 0.6) is 0 Å². The van der Waals surface area contributed by atoms with Crippen molar-refractivity contribution < 1.29 is 9.90 Å². The Hall–Kier alpha value is -1.85. The van der Waals surface area contributed by atoms with E-state index in [0.717, 1.165) is 31.6 Å². The molecule has 2 rings (SSSR count). The predicted octanol–water partition coefficient (Wildman–Crippen LogP) is 1.10. The van der Waals surface area contributed by atoms with E-state index >= 15 is 0 Å². The van der Waals surface area contributed by atoms with Crippen LogP contribution in [0.2, 0.25) is 0 Å². The number of piperidine rings is 1. The first-order valence-corrected chi connectivity index (χ1v) is 6.71. The first kappa shape index (κ1) is 13.6. The molecule has 0 spiro atoms. The number of anilines is 1. The third-order valence-electron chi connectivity index (χ3n) is 3.34. The fourth-order valence-electron chi connectivity index (χ4n) is 2.30. The van der Waals surface area contributed by atoms with Crippen LogP contribution < -0.4 is 10.5 Å². The molecule has 0 unspecified atom stereocenters. The SMILES string of the molecule is O=C(O)CCCn1ncc(N2CCCCC2)cc1=O. The fourth-order valence-corrected chi connectivity index (χ4v) is 2.30. The Morgan fingerprint density at radius 2 is 2.05 bits per heavy atom. The third-order valence-corrected chi connectivity index (χ3v) is 3.34. The van der Waals surface area contributed by atoms with Crippen molar-refractivity contribution in [2.75, 3.05) is 18.0 Å². The van der Waals surface area contributed by atoms with Crippen LogP contribution in [0.15, 0.2) is 17.1 Å². The average molecular weight is 265 g/mol. The van der Waals surface area contributed by atoms with Crippen LogP contribution in [0.25, 0.3) is 0 Å². The summed E-state index contributed by atoms with van der Waals surface area (Å²) in [5, 5.41) is 12.7. The predicted molar refractivity (Wildman–Crippen MR) is 71.4 cm³/mol. The summed E-state index contributed by atoms with van der Waals surface area (Å²) >= 11 is 0. The number of aliphatic carboxylic acids is 1. The van der Waals surface area contributed by atoms with Gasteiger partial charge in [0.1, 0.15) is 0 Å². The van der Waals surface area contributed by atoms with E-state index in [1.54, 1.807) is 12.3 Å². The molecule has 1 aliphatic heterocycles. The molecule has 1 aromatic rings. The van der Waals surface area contributed by atoms with Gasteiger partial charge in [-0.2, -0.15) is 5.10 Å². The number of hydrogen-bond donors (Lipinski definition) is 1. The molecule has 19 heavy (non-hydrogen) atoms. The Bertz CT molecular complexity index is 492. The van der Waals surface area contributed by atoms with Crippen molar-refractivity contribution in [2.45, 2.75) is 38.6 Å². The van der Waals surface area contributed by atoms with Gasteiger partial charge in [-0.1, -0.05) is 0 Å². The molecule has 1 aliphatic rings. The molecule has 0 bridgehead atoms. The molecule has 6 heteroatoms. The van der Waals surface area contributed by atoms with Gasteiger partial charge >= 0.3 is 5.97 Å². The molecular formula is C13H19N3O3. The molecule has 0 saturated carbocycles. The quantitative estimate of drug-likeness (QED) is 0.862. The smallest absolute Gasteiger partial charge is 0.303 e. The van der Waals surface area contributed by atoms with Crippen molar-refractivity contribution in [3.63, 3.8) is 0 Å². The molecule has 0 atom stereocenters. The third kappa shape index (κ3) is 3.81. The Kier molecular flexibility index (Phi) is 4.54. The average Bonchev–Trinajstić information content (AvgIpc) is 2.41. The zero-order chi connectivity index (χ0) is 13.7. The van der Waals surface area contributed by atoms with Crippen LogP contribution in [-0.2, 0) is 11.3 Å². The topological polar surface area (TPSA) is 75.4 Å². The maximum atomic E-state index is 11.9. The van der Waals surface area contributed by atoms with Gasteiger partial charge in [0.25, 0.3) is 5.56 Å². The van der Waals surface area contributed by atoms with E-state index < -0.39 is 5.97 Å². The van der Waals surface area contributed by atoms with Crippen molar-refractivity contribution in [3.8, 4) is 0 Å².